The maximum Gasteiger partial charge on any atom is 0.319 e. The second-order valence-electron chi connectivity index (χ2n) is 5.99. The Labute approximate surface area is 139 Å². The standard InChI is InChI=1S/C18H29N3O2/c1-3-15(4-2)17(21-10-12-23-13-11-21)14-19-18(22)20-16-8-6-5-7-9-16/h5-9,15,17H,3-4,10-14H2,1-2H3,(H2,19,20,22). The van der Waals surface area contributed by atoms with Gasteiger partial charge >= 0.3 is 6.03 Å². The van der Waals surface area contributed by atoms with Crippen molar-refractivity contribution in [1.29, 1.82) is 0 Å². The largest absolute Gasteiger partial charge is 0.379 e. The minimum absolute atomic E-state index is 0.139. The van der Waals surface area contributed by atoms with Crippen LogP contribution in [-0.4, -0.2) is 49.8 Å². The average Bonchev–Trinajstić information content (AvgIpc) is 2.60. The first-order chi connectivity index (χ1) is 11.2. The van der Waals surface area contributed by atoms with Crippen LogP contribution in [0, 0.1) is 5.92 Å². The van der Waals surface area contributed by atoms with E-state index in [1.807, 2.05) is 30.3 Å². The predicted octanol–water partition coefficient (Wildman–Crippen LogP) is 2.95. The van der Waals surface area contributed by atoms with Crippen LogP contribution in [0.3, 0.4) is 0 Å². The zero-order chi connectivity index (χ0) is 16.5. The SMILES string of the molecule is CCC(CC)C(CNC(=O)Nc1ccccc1)N1CCOCC1. The van der Waals surface area contributed by atoms with Gasteiger partial charge < -0.3 is 15.4 Å². The fraction of sp³-hybridized carbons (Fsp3) is 0.611. The molecule has 2 N–H and O–H groups in total. The highest BCUT2D eigenvalue weighted by Gasteiger charge is 2.27. The lowest BCUT2D eigenvalue weighted by molar-refractivity contribution is 0.00247. The van der Waals surface area contributed by atoms with E-state index >= 15 is 0 Å². The molecule has 1 saturated heterocycles. The average molecular weight is 319 g/mol. The molecule has 1 aliphatic rings. The number of morpholine rings is 1. The topological polar surface area (TPSA) is 53.6 Å². The third-order valence-electron chi connectivity index (χ3n) is 4.61. The number of hydrogen-bond donors (Lipinski definition) is 2. The zero-order valence-electron chi connectivity index (χ0n) is 14.3. The molecular formula is C18H29N3O2. The Morgan fingerprint density at radius 1 is 1.17 bits per heavy atom. The quantitative estimate of drug-likeness (QED) is 0.812. The van der Waals surface area contributed by atoms with Crippen LogP contribution < -0.4 is 10.6 Å². The van der Waals surface area contributed by atoms with Gasteiger partial charge in [-0.3, -0.25) is 4.90 Å². The number of hydrogen-bond acceptors (Lipinski definition) is 3. The second kappa shape index (κ2) is 9.53. The molecule has 1 aromatic carbocycles. The Hall–Kier alpha value is -1.59. The third kappa shape index (κ3) is 5.52. The summed E-state index contributed by atoms with van der Waals surface area (Å²) in [5.41, 5.74) is 0.815. The molecule has 128 valence electrons. The molecule has 1 aromatic rings. The first-order valence-electron chi connectivity index (χ1n) is 8.66. The van der Waals surface area contributed by atoms with E-state index in [0.29, 0.717) is 18.5 Å². The van der Waals surface area contributed by atoms with Crippen molar-refractivity contribution in [2.45, 2.75) is 32.7 Å². The van der Waals surface area contributed by atoms with Crippen LogP contribution in [0.25, 0.3) is 0 Å². The number of para-hydroxylation sites is 1. The smallest absolute Gasteiger partial charge is 0.319 e. The maximum absolute atomic E-state index is 12.1. The van der Waals surface area contributed by atoms with Crippen molar-refractivity contribution in [1.82, 2.24) is 10.2 Å². The van der Waals surface area contributed by atoms with E-state index in [1.54, 1.807) is 0 Å². The number of carbonyl (C=O) groups excluding carboxylic acids is 1. The lowest BCUT2D eigenvalue weighted by atomic mass is 9.92. The first-order valence-corrected chi connectivity index (χ1v) is 8.66. The van der Waals surface area contributed by atoms with E-state index in [-0.39, 0.29) is 6.03 Å². The van der Waals surface area contributed by atoms with Gasteiger partial charge in [-0.25, -0.2) is 4.79 Å². The molecule has 0 aromatic heterocycles. The molecule has 0 saturated carbocycles. The lowest BCUT2D eigenvalue weighted by Gasteiger charge is -2.38. The van der Waals surface area contributed by atoms with Gasteiger partial charge in [0.05, 0.1) is 13.2 Å². The molecular weight excluding hydrogens is 290 g/mol. The number of ether oxygens (including phenoxy) is 1. The number of nitrogens with one attached hydrogen (secondary N) is 2. The van der Waals surface area contributed by atoms with Crippen LogP contribution >= 0.6 is 0 Å². The van der Waals surface area contributed by atoms with Gasteiger partial charge in [0.25, 0.3) is 0 Å². The van der Waals surface area contributed by atoms with E-state index in [1.165, 1.54) is 0 Å². The number of urea groups is 1. The highest BCUT2D eigenvalue weighted by atomic mass is 16.5. The van der Waals surface area contributed by atoms with E-state index in [9.17, 15) is 4.79 Å². The molecule has 2 rings (SSSR count). The Balaban J connectivity index is 1.90. The normalized spacial score (nSPS) is 17.0. The Bertz CT molecular complexity index is 457. The van der Waals surface area contributed by atoms with Crippen LogP contribution in [0.15, 0.2) is 30.3 Å². The summed E-state index contributed by atoms with van der Waals surface area (Å²) in [6.45, 7) is 8.59. The summed E-state index contributed by atoms with van der Waals surface area (Å²) in [6, 6.07) is 9.77. The van der Waals surface area contributed by atoms with Crippen LogP contribution in [-0.2, 0) is 4.74 Å². The summed E-state index contributed by atoms with van der Waals surface area (Å²) in [4.78, 5) is 14.6. The van der Waals surface area contributed by atoms with Crippen molar-refractivity contribution < 1.29 is 9.53 Å². The zero-order valence-corrected chi connectivity index (χ0v) is 14.3. The monoisotopic (exact) mass is 319 g/mol. The second-order valence-corrected chi connectivity index (χ2v) is 5.99. The van der Waals surface area contributed by atoms with Gasteiger partial charge in [0, 0.05) is 31.4 Å². The molecule has 0 spiro atoms. The molecule has 23 heavy (non-hydrogen) atoms. The van der Waals surface area contributed by atoms with Gasteiger partial charge in [-0.2, -0.15) is 0 Å². The Kier molecular flexibility index (Phi) is 7.36. The molecule has 2 amide bonds. The molecule has 1 fully saturated rings. The fourth-order valence-electron chi connectivity index (χ4n) is 3.23. The minimum Gasteiger partial charge on any atom is -0.379 e. The maximum atomic E-state index is 12.1. The predicted molar refractivity (Wildman–Crippen MR) is 93.7 cm³/mol. The van der Waals surface area contributed by atoms with Crippen LogP contribution in [0.4, 0.5) is 10.5 Å². The number of anilines is 1. The van der Waals surface area contributed by atoms with E-state index in [2.05, 4.69) is 29.4 Å². The molecule has 0 radical (unpaired) electrons. The van der Waals surface area contributed by atoms with Crippen molar-refractivity contribution in [2.24, 2.45) is 5.92 Å². The van der Waals surface area contributed by atoms with Crippen molar-refractivity contribution >= 4 is 11.7 Å². The first kappa shape index (κ1) is 17.8. The summed E-state index contributed by atoms with van der Waals surface area (Å²) in [5, 5.41) is 5.93. The Morgan fingerprint density at radius 3 is 2.43 bits per heavy atom. The molecule has 1 atom stereocenters. The van der Waals surface area contributed by atoms with E-state index in [4.69, 9.17) is 4.74 Å². The highest BCUT2D eigenvalue weighted by Crippen LogP contribution is 2.19. The lowest BCUT2D eigenvalue weighted by Crippen LogP contribution is -2.52. The third-order valence-corrected chi connectivity index (χ3v) is 4.61. The fourth-order valence-corrected chi connectivity index (χ4v) is 3.23. The summed E-state index contributed by atoms with van der Waals surface area (Å²) in [7, 11) is 0. The summed E-state index contributed by atoms with van der Waals surface area (Å²) in [6.07, 6.45) is 2.25. The van der Waals surface area contributed by atoms with Crippen molar-refractivity contribution in [3.63, 3.8) is 0 Å². The molecule has 0 aliphatic carbocycles. The van der Waals surface area contributed by atoms with Gasteiger partial charge in [0.15, 0.2) is 0 Å². The summed E-state index contributed by atoms with van der Waals surface area (Å²) in [5.74, 6) is 0.588. The van der Waals surface area contributed by atoms with Crippen LogP contribution in [0.1, 0.15) is 26.7 Å². The van der Waals surface area contributed by atoms with Gasteiger partial charge in [0.1, 0.15) is 0 Å². The molecule has 1 aliphatic heterocycles. The van der Waals surface area contributed by atoms with Crippen molar-refractivity contribution in [3.05, 3.63) is 30.3 Å². The summed E-state index contributed by atoms with van der Waals surface area (Å²) < 4.78 is 5.46. The Morgan fingerprint density at radius 2 is 1.83 bits per heavy atom. The van der Waals surface area contributed by atoms with Gasteiger partial charge in [-0.15, -0.1) is 0 Å². The number of nitrogens with zero attached hydrogens (tertiary/aromatic N) is 1. The minimum atomic E-state index is -0.139. The van der Waals surface area contributed by atoms with Gasteiger partial charge in [-0.05, 0) is 18.1 Å². The number of carbonyl (C=O) groups is 1. The van der Waals surface area contributed by atoms with Crippen molar-refractivity contribution in [2.75, 3.05) is 38.2 Å². The van der Waals surface area contributed by atoms with Crippen LogP contribution in [0.2, 0.25) is 0 Å². The number of rotatable bonds is 7. The van der Waals surface area contributed by atoms with Gasteiger partial charge in [-0.1, -0.05) is 44.9 Å². The van der Waals surface area contributed by atoms with Crippen LogP contribution in [0.5, 0.6) is 0 Å². The molecule has 0 bridgehead atoms. The number of amides is 2. The highest BCUT2D eigenvalue weighted by molar-refractivity contribution is 5.89. The van der Waals surface area contributed by atoms with Gasteiger partial charge in [0.2, 0.25) is 0 Å². The molecule has 5 nitrogen and oxygen atoms in total. The molecule has 1 unspecified atom stereocenters. The van der Waals surface area contributed by atoms with E-state index in [0.717, 1.165) is 44.8 Å². The molecule has 1 heterocycles. The number of benzene rings is 1. The molecule has 5 heteroatoms. The van der Waals surface area contributed by atoms with Crippen molar-refractivity contribution in [3.8, 4) is 0 Å². The summed E-state index contributed by atoms with van der Waals surface area (Å²) >= 11 is 0. The van der Waals surface area contributed by atoms with E-state index < -0.39 is 0 Å².